The van der Waals surface area contributed by atoms with E-state index in [1.165, 1.54) is 12.1 Å². The van der Waals surface area contributed by atoms with Gasteiger partial charge in [0.05, 0.1) is 24.6 Å². The molecule has 25 heavy (non-hydrogen) atoms. The number of fused-ring (bicyclic) bond motifs is 1. The number of pyridine rings is 1. The highest BCUT2D eigenvalue weighted by molar-refractivity contribution is 5.88. The molecule has 0 fully saturated rings. The van der Waals surface area contributed by atoms with Crippen LogP contribution in [0.25, 0.3) is 22.0 Å². The first-order chi connectivity index (χ1) is 12.2. The van der Waals surface area contributed by atoms with Gasteiger partial charge in [0.2, 0.25) is 0 Å². The van der Waals surface area contributed by atoms with Crippen LogP contribution in [0.5, 0.6) is 11.5 Å². The van der Waals surface area contributed by atoms with Crippen LogP contribution in [0.2, 0.25) is 0 Å². The summed E-state index contributed by atoms with van der Waals surface area (Å²) in [5, 5.41) is 8.79. The highest BCUT2D eigenvalue weighted by atomic mass is 19.1. The third-order valence-electron chi connectivity index (χ3n) is 3.91. The van der Waals surface area contributed by atoms with Crippen LogP contribution in [0.15, 0.2) is 47.4 Å². The zero-order chi connectivity index (χ0) is 17.8. The molecule has 0 atom stereocenters. The van der Waals surface area contributed by atoms with Gasteiger partial charge in [-0.3, -0.25) is 4.79 Å². The second kappa shape index (κ2) is 7.36. The summed E-state index contributed by atoms with van der Waals surface area (Å²) in [6.45, 7) is 0.275. The molecule has 0 saturated heterocycles. The maximum atomic E-state index is 14.3. The Labute approximate surface area is 143 Å². The minimum absolute atomic E-state index is 0.00271. The SMILES string of the molecule is COc1ccc(-c2c[nH]c3c(OCCCO)ccc(F)c3c2=O)cc1. The van der Waals surface area contributed by atoms with Gasteiger partial charge in [-0.1, -0.05) is 12.1 Å². The lowest BCUT2D eigenvalue weighted by atomic mass is 10.0. The molecule has 2 aromatic carbocycles. The van der Waals surface area contributed by atoms with Crippen LogP contribution in [-0.4, -0.2) is 30.4 Å². The molecular formula is C19H18FNO4. The van der Waals surface area contributed by atoms with Gasteiger partial charge in [0.25, 0.3) is 0 Å². The van der Waals surface area contributed by atoms with Crippen LogP contribution in [0, 0.1) is 5.82 Å². The number of nitrogens with one attached hydrogen (secondary N) is 1. The Kier molecular flexibility index (Phi) is 5.00. The molecule has 3 aromatic rings. The topological polar surface area (TPSA) is 71.6 Å². The Morgan fingerprint density at radius 1 is 1.16 bits per heavy atom. The van der Waals surface area contributed by atoms with Crippen LogP contribution >= 0.6 is 0 Å². The lowest BCUT2D eigenvalue weighted by Crippen LogP contribution is -2.10. The van der Waals surface area contributed by atoms with E-state index in [1.54, 1.807) is 37.6 Å². The van der Waals surface area contributed by atoms with E-state index in [-0.39, 0.29) is 18.6 Å². The Morgan fingerprint density at radius 3 is 2.60 bits per heavy atom. The van der Waals surface area contributed by atoms with Gasteiger partial charge in [0, 0.05) is 24.8 Å². The third kappa shape index (κ3) is 3.34. The van der Waals surface area contributed by atoms with Crippen molar-refractivity contribution in [3.8, 4) is 22.6 Å². The summed E-state index contributed by atoms with van der Waals surface area (Å²) in [4.78, 5) is 15.8. The number of hydrogen-bond donors (Lipinski definition) is 2. The number of ether oxygens (including phenoxy) is 2. The van der Waals surface area contributed by atoms with Crippen LogP contribution in [0.4, 0.5) is 4.39 Å². The molecular weight excluding hydrogens is 325 g/mol. The molecule has 0 radical (unpaired) electrons. The number of benzene rings is 2. The fourth-order valence-electron chi connectivity index (χ4n) is 2.62. The van der Waals surface area contributed by atoms with Gasteiger partial charge < -0.3 is 19.6 Å². The summed E-state index contributed by atoms with van der Waals surface area (Å²) >= 11 is 0. The Bertz CT molecular complexity index is 935. The van der Waals surface area contributed by atoms with E-state index in [2.05, 4.69) is 4.98 Å². The third-order valence-corrected chi connectivity index (χ3v) is 3.91. The molecule has 0 saturated carbocycles. The molecule has 3 rings (SSSR count). The Hall–Kier alpha value is -2.86. The summed E-state index contributed by atoms with van der Waals surface area (Å²) in [7, 11) is 1.56. The maximum Gasteiger partial charge on any atom is 0.200 e. The van der Waals surface area contributed by atoms with E-state index in [0.29, 0.717) is 34.6 Å². The second-order valence-corrected chi connectivity index (χ2v) is 5.48. The van der Waals surface area contributed by atoms with Crippen LogP contribution in [0.3, 0.4) is 0 Å². The van der Waals surface area contributed by atoms with Crippen LogP contribution < -0.4 is 14.9 Å². The summed E-state index contributed by atoms with van der Waals surface area (Å²) in [6.07, 6.45) is 2.00. The number of aliphatic hydroxyl groups is 1. The summed E-state index contributed by atoms with van der Waals surface area (Å²) in [6, 6.07) is 9.65. The molecule has 6 heteroatoms. The fourth-order valence-corrected chi connectivity index (χ4v) is 2.62. The molecule has 1 aromatic heterocycles. The van der Waals surface area contributed by atoms with Crippen molar-refractivity contribution in [2.75, 3.05) is 20.3 Å². The van der Waals surface area contributed by atoms with Crippen LogP contribution in [-0.2, 0) is 0 Å². The number of hydrogen-bond acceptors (Lipinski definition) is 4. The first-order valence-corrected chi connectivity index (χ1v) is 7.87. The lowest BCUT2D eigenvalue weighted by molar-refractivity contribution is 0.234. The lowest BCUT2D eigenvalue weighted by Gasteiger charge is -2.11. The number of H-pyrrole nitrogens is 1. The first-order valence-electron chi connectivity index (χ1n) is 7.87. The van der Waals surface area contributed by atoms with Crippen molar-refractivity contribution in [3.05, 3.63) is 58.6 Å². The normalized spacial score (nSPS) is 10.8. The molecule has 1 heterocycles. The van der Waals surface area contributed by atoms with E-state index in [4.69, 9.17) is 14.6 Å². The quantitative estimate of drug-likeness (QED) is 0.675. The van der Waals surface area contributed by atoms with Crippen molar-refractivity contribution >= 4 is 10.9 Å². The van der Waals surface area contributed by atoms with E-state index >= 15 is 0 Å². The molecule has 0 spiro atoms. The first kappa shape index (κ1) is 17.0. The average molecular weight is 343 g/mol. The van der Waals surface area contributed by atoms with Crippen molar-refractivity contribution in [2.45, 2.75) is 6.42 Å². The molecule has 0 aliphatic carbocycles. The van der Waals surface area contributed by atoms with Crippen LogP contribution in [0.1, 0.15) is 6.42 Å². The monoisotopic (exact) mass is 343 g/mol. The molecule has 0 bridgehead atoms. The Morgan fingerprint density at radius 2 is 1.92 bits per heavy atom. The number of aromatic amines is 1. The van der Waals surface area contributed by atoms with Crippen molar-refractivity contribution in [2.24, 2.45) is 0 Å². The van der Waals surface area contributed by atoms with Crippen molar-refractivity contribution in [1.82, 2.24) is 4.98 Å². The zero-order valence-electron chi connectivity index (χ0n) is 13.7. The smallest absolute Gasteiger partial charge is 0.200 e. The summed E-state index contributed by atoms with van der Waals surface area (Å²) in [5.41, 5.74) is 0.917. The molecule has 0 aliphatic heterocycles. The molecule has 5 nitrogen and oxygen atoms in total. The average Bonchev–Trinajstić information content (AvgIpc) is 2.64. The Balaban J connectivity index is 2.09. The second-order valence-electron chi connectivity index (χ2n) is 5.48. The van der Waals surface area contributed by atoms with Crippen molar-refractivity contribution in [3.63, 3.8) is 0 Å². The van der Waals surface area contributed by atoms with Gasteiger partial charge >= 0.3 is 0 Å². The predicted octanol–water partition coefficient (Wildman–Crippen LogP) is 3.10. The van der Waals surface area contributed by atoms with E-state index in [9.17, 15) is 9.18 Å². The van der Waals surface area contributed by atoms with Gasteiger partial charge in [-0.25, -0.2) is 4.39 Å². The largest absolute Gasteiger partial charge is 0.497 e. The summed E-state index contributed by atoms with van der Waals surface area (Å²) < 4.78 is 24.9. The number of aliphatic hydroxyl groups excluding tert-OH is 1. The number of aromatic nitrogens is 1. The van der Waals surface area contributed by atoms with E-state index < -0.39 is 11.2 Å². The minimum Gasteiger partial charge on any atom is -0.497 e. The maximum absolute atomic E-state index is 14.3. The molecule has 0 unspecified atom stereocenters. The number of halogens is 1. The molecule has 0 amide bonds. The summed E-state index contributed by atoms with van der Waals surface area (Å²) in [5.74, 6) is 0.441. The van der Waals surface area contributed by atoms with Gasteiger partial charge in [-0.15, -0.1) is 0 Å². The molecule has 130 valence electrons. The highest BCUT2D eigenvalue weighted by Crippen LogP contribution is 2.27. The molecule has 0 aliphatic rings. The van der Waals surface area contributed by atoms with Gasteiger partial charge in [-0.05, 0) is 29.8 Å². The number of methoxy groups -OCH3 is 1. The van der Waals surface area contributed by atoms with Crippen molar-refractivity contribution < 1.29 is 19.0 Å². The number of rotatable bonds is 6. The predicted molar refractivity (Wildman–Crippen MR) is 93.7 cm³/mol. The standard InChI is InChI=1S/C19H18FNO4/c1-24-13-5-3-12(4-6-13)14-11-21-18-16(25-10-2-9-22)8-7-15(20)17(18)19(14)23/h3-8,11,22H,2,9-10H2,1H3,(H,21,23). The van der Waals surface area contributed by atoms with E-state index in [1.807, 2.05) is 0 Å². The highest BCUT2D eigenvalue weighted by Gasteiger charge is 2.15. The zero-order valence-corrected chi connectivity index (χ0v) is 13.7. The molecule has 2 N–H and O–H groups in total. The van der Waals surface area contributed by atoms with E-state index in [0.717, 1.165) is 0 Å². The minimum atomic E-state index is -0.610. The van der Waals surface area contributed by atoms with Gasteiger partial charge in [-0.2, -0.15) is 0 Å². The van der Waals surface area contributed by atoms with Gasteiger partial charge in [0.15, 0.2) is 5.43 Å². The van der Waals surface area contributed by atoms with Gasteiger partial charge in [0.1, 0.15) is 17.3 Å². The fraction of sp³-hybridized carbons (Fsp3) is 0.211. The van der Waals surface area contributed by atoms with Crippen molar-refractivity contribution in [1.29, 1.82) is 0 Å².